The van der Waals surface area contributed by atoms with Gasteiger partial charge in [-0.1, -0.05) is 22.9 Å². The molecule has 0 spiro atoms. The molecule has 1 unspecified atom stereocenters. The predicted molar refractivity (Wildman–Crippen MR) is 92.0 cm³/mol. The number of hydrogen-bond acceptors (Lipinski definition) is 5. The van der Waals surface area contributed by atoms with Crippen LogP contribution in [0.4, 0.5) is 13.2 Å². The first-order valence-corrected chi connectivity index (χ1v) is 8.10. The average Bonchev–Trinajstić information content (AvgIpc) is 2.99. The number of hydrogen-bond donors (Lipinski definition) is 2. The molecule has 3 aromatic rings. The summed E-state index contributed by atoms with van der Waals surface area (Å²) in [6, 6.07) is 4.07. The van der Waals surface area contributed by atoms with E-state index in [9.17, 15) is 18.0 Å². The number of nitrogens with zero attached hydrogens (tertiary/aromatic N) is 4. The summed E-state index contributed by atoms with van der Waals surface area (Å²) in [5.41, 5.74) is 6.34. The van der Waals surface area contributed by atoms with E-state index >= 15 is 0 Å². The lowest BCUT2D eigenvalue weighted by atomic mass is 10.0. The van der Waals surface area contributed by atoms with Crippen LogP contribution < -0.4 is 11.1 Å². The highest BCUT2D eigenvalue weighted by atomic mass is 35.5. The molecule has 3 rings (SSSR count). The van der Waals surface area contributed by atoms with Gasteiger partial charge in [-0.05, 0) is 23.8 Å². The number of carbonyl (C=O) groups excluding carboxylic acids is 1. The molecule has 0 radical (unpaired) electrons. The third kappa shape index (κ3) is 4.01. The number of nitrogens with one attached hydrogen (secondary N) is 1. The molecule has 0 saturated heterocycles. The summed E-state index contributed by atoms with van der Waals surface area (Å²) in [7, 11) is 1.67. The Bertz CT molecular complexity index is 1000. The molecule has 7 nitrogen and oxygen atoms in total. The number of amides is 1. The number of aromatic nitrogens is 4. The van der Waals surface area contributed by atoms with Gasteiger partial charge in [0.25, 0.3) is 5.91 Å². The van der Waals surface area contributed by atoms with E-state index < -0.39 is 28.7 Å². The second kappa shape index (κ2) is 7.12. The highest BCUT2D eigenvalue weighted by Gasteiger charge is 2.33. The fraction of sp³-hybridized carbons (Fsp3) is 0.250. The first kappa shape index (κ1) is 19.1. The van der Waals surface area contributed by atoms with Crippen molar-refractivity contribution in [1.29, 1.82) is 0 Å². The predicted octanol–water partition coefficient (Wildman–Crippen LogP) is 2.47. The number of rotatable bonds is 4. The molecule has 0 fully saturated rings. The fourth-order valence-electron chi connectivity index (χ4n) is 2.46. The summed E-state index contributed by atoms with van der Waals surface area (Å²) >= 11 is 5.59. The first-order valence-electron chi connectivity index (χ1n) is 7.72. The largest absolute Gasteiger partial charge is 0.417 e. The number of pyridine rings is 1. The van der Waals surface area contributed by atoms with Crippen molar-refractivity contribution < 1.29 is 18.0 Å². The summed E-state index contributed by atoms with van der Waals surface area (Å²) in [4.78, 5) is 16.4. The van der Waals surface area contributed by atoms with Crippen LogP contribution >= 0.6 is 11.6 Å². The van der Waals surface area contributed by atoms with E-state index in [4.69, 9.17) is 17.3 Å². The molecular weight excluding hydrogens is 385 g/mol. The summed E-state index contributed by atoms with van der Waals surface area (Å²) in [6.07, 6.45) is -3.23. The molecule has 0 aliphatic rings. The van der Waals surface area contributed by atoms with Gasteiger partial charge in [0.05, 0.1) is 16.1 Å². The zero-order chi connectivity index (χ0) is 19.8. The van der Waals surface area contributed by atoms with Crippen LogP contribution in [0.1, 0.15) is 27.5 Å². The van der Waals surface area contributed by atoms with Gasteiger partial charge in [0.2, 0.25) is 0 Å². The Hall–Kier alpha value is -2.72. The molecule has 0 bridgehead atoms. The molecule has 1 atom stereocenters. The van der Waals surface area contributed by atoms with Gasteiger partial charge in [-0.3, -0.25) is 4.79 Å². The van der Waals surface area contributed by atoms with E-state index in [1.54, 1.807) is 7.05 Å². The monoisotopic (exact) mass is 398 g/mol. The molecule has 0 saturated carbocycles. The van der Waals surface area contributed by atoms with Crippen molar-refractivity contribution >= 4 is 28.7 Å². The van der Waals surface area contributed by atoms with Crippen molar-refractivity contribution in [3.63, 3.8) is 0 Å². The fourth-order valence-corrected chi connectivity index (χ4v) is 2.69. The van der Waals surface area contributed by atoms with Gasteiger partial charge in [0.15, 0.2) is 5.65 Å². The number of alkyl halides is 3. The zero-order valence-electron chi connectivity index (χ0n) is 14.0. The average molecular weight is 399 g/mol. The number of halogens is 4. The first-order chi connectivity index (χ1) is 12.7. The molecule has 27 heavy (non-hydrogen) atoms. The quantitative estimate of drug-likeness (QED) is 0.703. The lowest BCUT2D eigenvalue weighted by molar-refractivity contribution is -0.137. The molecular formula is C16H14ClF3N6O. The lowest BCUT2D eigenvalue weighted by Gasteiger charge is -2.16. The third-order valence-corrected chi connectivity index (χ3v) is 4.24. The number of nitrogens with two attached hydrogens (primary N) is 1. The molecule has 1 aromatic carbocycles. The third-order valence-electron chi connectivity index (χ3n) is 3.91. The second-order valence-corrected chi connectivity index (χ2v) is 6.24. The van der Waals surface area contributed by atoms with Gasteiger partial charge in [0.1, 0.15) is 5.52 Å². The SMILES string of the molecule is Cn1nnc2cc(C(=O)NCC(N)c3ccc(Cl)c(C(F)(F)F)c3)cnc21. The van der Waals surface area contributed by atoms with Crippen molar-refractivity contribution in [3.8, 4) is 0 Å². The van der Waals surface area contributed by atoms with Gasteiger partial charge in [-0.25, -0.2) is 9.67 Å². The zero-order valence-corrected chi connectivity index (χ0v) is 14.7. The van der Waals surface area contributed by atoms with Crippen LogP contribution in [0.25, 0.3) is 11.2 Å². The molecule has 0 aliphatic heterocycles. The van der Waals surface area contributed by atoms with Crippen molar-refractivity contribution in [2.24, 2.45) is 12.8 Å². The second-order valence-electron chi connectivity index (χ2n) is 5.83. The van der Waals surface area contributed by atoms with Crippen LogP contribution in [0, 0.1) is 0 Å². The molecule has 2 aromatic heterocycles. The summed E-state index contributed by atoms with van der Waals surface area (Å²) in [5, 5.41) is 9.82. The smallest absolute Gasteiger partial charge is 0.350 e. The number of aryl methyl sites for hydroxylation is 1. The Morgan fingerprint density at radius 2 is 2.11 bits per heavy atom. The van der Waals surface area contributed by atoms with E-state index in [1.807, 2.05) is 0 Å². The molecule has 142 valence electrons. The lowest BCUT2D eigenvalue weighted by Crippen LogP contribution is -2.32. The van der Waals surface area contributed by atoms with E-state index in [0.29, 0.717) is 11.2 Å². The van der Waals surface area contributed by atoms with Crippen LogP contribution in [0.15, 0.2) is 30.5 Å². The van der Waals surface area contributed by atoms with Crippen molar-refractivity contribution in [3.05, 3.63) is 52.2 Å². The van der Waals surface area contributed by atoms with Crippen molar-refractivity contribution in [2.75, 3.05) is 6.54 Å². The minimum absolute atomic E-state index is 0.0731. The summed E-state index contributed by atoms with van der Waals surface area (Å²) in [6.45, 7) is -0.0731. The standard InChI is InChI=1S/C16H14ClF3N6O/c1-26-14-13(24-25-26)5-9(6-22-14)15(27)23-7-12(21)8-2-3-11(17)10(4-8)16(18,19)20/h2-6,12H,7,21H2,1H3,(H,23,27). The van der Waals surface area contributed by atoms with Gasteiger partial charge in [-0.15, -0.1) is 5.10 Å². The summed E-state index contributed by atoms with van der Waals surface area (Å²) < 4.78 is 40.3. The Morgan fingerprint density at radius 1 is 1.37 bits per heavy atom. The minimum atomic E-state index is -4.59. The number of carbonyl (C=O) groups is 1. The van der Waals surface area contributed by atoms with Crippen LogP contribution in [-0.4, -0.2) is 32.4 Å². The normalized spacial score (nSPS) is 13.0. The van der Waals surface area contributed by atoms with Crippen molar-refractivity contribution in [2.45, 2.75) is 12.2 Å². The number of fused-ring (bicyclic) bond motifs is 1. The van der Waals surface area contributed by atoms with Gasteiger partial charge in [0, 0.05) is 25.8 Å². The molecule has 3 N–H and O–H groups in total. The van der Waals surface area contributed by atoms with Gasteiger partial charge >= 0.3 is 6.18 Å². The van der Waals surface area contributed by atoms with E-state index in [2.05, 4.69) is 20.6 Å². The maximum atomic E-state index is 12.9. The van der Waals surface area contributed by atoms with Gasteiger partial charge in [-0.2, -0.15) is 13.2 Å². The summed E-state index contributed by atoms with van der Waals surface area (Å²) in [5.74, 6) is -0.476. The van der Waals surface area contributed by atoms with E-state index in [1.165, 1.54) is 23.0 Å². The molecule has 1 amide bonds. The van der Waals surface area contributed by atoms with Crippen LogP contribution in [0.3, 0.4) is 0 Å². The molecule has 0 aliphatic carbocycles. The maximum Gasteiger partial charge on any atom is 0.417 e. The van der Waals surface area contributed by atoms with Crippen LogP contribution in [0.5, 0.6) is 0 Å². The Balaban J connectivity index is 1.71. The van der Waals surface area contributed by atoms with Gasteiger partial charge < -0.3 is 11.1 Å². The topological polar surface area (TPSA) is 98.7 Å². The maximum absolute atomic E-state index is 12.9. The van der Waals surface area contributed by atoms with E-state index in [0.717, 1.165) is 12.1 Å². The highest BCUT2D eigenvalue weighted by molar-refractivity contribution is 6.31. The van der Waals surface area contributed by atoms with Crippen LogP contribution in [-0.2, 0) is 13.2 Å². The molecule has 2 heterocycles. The Labute approximate surface area is 156 Å². The Kier molecular flexibility index (Phi) is 5.03. The minimum Gasteiger partial charge on any atom is -0.350 e. The van der Waals surface area contributed by atoms with Crippen molar-refractivity contribution in [1.82, 2.24) is 25.3 Å². The van der Waals surface area contributed by atoms with E-state index in [-0.39, 0.29) is 17.7 Å². The van der Waals surface area contributed by atoms with Crippen LogP contribution in [0.2, 0.25) is 5.02 Å². The highest BCUT2D eigenvalue weighted by Crippen LogP contribution is 2.35. The molecule has 11 heteroatoms. The Morgan fingerprint density at radius 3 is 2.81 bits per heavy atom. The number of benzene rings is 1.